The van der Waals surface area contributed by atoms with Crippen LogP contribution in [0.15, 0.2) is 11.5 Å². The molecular weight excluding hydrogens is 118 g/mol. The van der Waals surface area contributed by atoms with Gasteiger partial charge in [0, 0.05) is 0 Å². The van der Waals surface area contributed by atoms with Crippen molar-refractivity contribution in [2.24, 2.45) is 11.5 Å². The lowest BCUT2D eigenvalue weighted by Crippen LogP contribution is -2.50. The van der Waals surface area contributed by atoms with Gasteiger partial charge in [0.15, 0.2) is 0 Å². The lowest BCUT2D eigenvalue weighted by atomic mass is 10.1. The normalized spacial score (nSPS) is 35.0. The third kappa shape index (κ3) is 0.863. The Hall–Kier alpha value is -0.740. The number of rotatable bonds is 0. The lowest BCUT2D eigenvalue weighted by molar-refractivity contribution is 0.0873. The molecule has 9 heavy (non-hydrogen) atoms. The van der Waals surface area contributed by atoms with E-state index in [2.05, 4.69) is 5.48 Å². The van der Waals surface area contributed by atoms with Gasteiger partial charge in [0.05, 0.1) is 5.70 Å². The van der Waals surface area contributed by atoms with Crippen molar-refractivity contribution in [3.63, 3.8) is 0 Å². The topological polar surface area (TPSA) is 73.3 Å². The van der Waals surface area contributed by atoms with Gasteiger partial charge in [0.1, 0.15) is 11.4 Å². The fourth-order valence-electron chi connectivity index (χ4n) is 0.658. The van der Waals surface area contributed by atoms with E-state index >= 15 is 0 Å². The molecule has 0 fully saturated rings. The molecule has 52 valence electrons. The first kappa shape index (κ1) is 6.38. The second-order valence-corrected chi connectivity index (χ2v) is 2.38. The summed E-state index contributed by atoms with van der Waals surface area (Å²) in [4.78, 5) is 4.86. The fraction of sp³-hybridized carbons (Fsp3) is 0.600. The average Bonchev–Trinajstić information content (AvgIpc) is 1.97. The summed E-state index contributed by atoms with van der Waals surface area (Å²) in [5, 5.41) is 0. The molecule has 1 aliphatic rings. The Kier molecular flexibility index (Phi) is 1.15. The molecule has 0 saturated heterocycles. The van der Waals surface area contributed by atoms with Gasteiger partial charge in [-0.15, -0.1) is 5.48 Å². The van der Waals surface area contributed by atoms with E-state index in [0.29, 0.717) is 11.5 Å². The van der Waals surface area contributed by atoms with Gasteiger partial charge in [-0.1, -0.05) is 0 Å². The monoisotopic (exact) mass is 129 g/mol. The maximum absolute atomic E-state index is 5.59. The molecule has 0 radical (unpaired) electrons. The Morgan fingerprint density at radius 3 is 2.33 bits per heavy atom. The van der Waals surface area contributed by atoms with Gasteiger partial charge in [-0.25, -0.2) is 0 Å². The predicted octanol–water partition coefficient (Wildman–Crippen LogP) is -0.614. The molecule has 1 heterocycles. The molecule has 4 nitrogen and oxygen atoms in total. The summed E-state index contributed by atoms with van der Waals surface area (Å²) in [6.07, 6.45) is 0. The highest BCUT2D eigenvalue weighted by Crippen LogP contribution is 2.16. The van der Waals surface area contributed by atoms with Crippen LogP contribution in [0.25, 0.3) is 0 Å². The van der Waals surface area contributed by atoms with E-state index in [-0.39, 0.29) is 0 Å². The molecule has 0 aromatic rings. The van der Waals surface area contributed by atoms with Gasteiger partial charge in [-0.3, -0.25) is 0 Å². The van der Waals surface area contributed by atoms with E-state index < -0.39 is 5.66 Å². The van der Waals surface area contributed by atoms with Crippen LogP contribution in [0, 0.1) is 0 Å². The van der Waals surface area contributed by atoms with E-state index in [1.807, 2.05) is 0 Å². The Labute approximate surface area is 53.8 Å². The van der Waals surface area contributed by atoms with Crippen LogP contribution in [0.5, 0.6) is 0 Å². The van der Waals surface area contributed by atoms with Crippen molar-refractivity contribution < 1.29 is 4.84 Å². The number of allylic oxidation sites excluding steroid dienone is 1. The minimum atomic E-state index is -0.690. The van der Waals surface area contributed by atoms with Gasteiger partial charge in [-0.2, -0.15) is 0 Å². The third-order valence-electron chi connectivity index (χ3n) is 1.35. The zero-order valence-electron chi connectivity index (χ0n) is 5.56. The van der Waals surface area contributed by atoms with Crippen molar-refractivity contribution in [1.29, 1.82) is 0 Å². The number of nitrogens with one attached hydrogen (secondary N) is 1. The molecule has 1 unspecified atom stereocenters. The molecule has 0 spiro atoms. The van der Waals surface area contributed by atoms with Crippen LogP contribution in [-0.2, 0) is 4.84 Å². The highest BCUT2D eigenvalue weighted by atomic mass is 16.7. The smallest absolute Gasteiger partial charge is 0.143 e. The van der Waals surface area contributed by atoms with Crippen LogP contribution in [0.3, 0.4) is 0 Å². The Morgan fingerprint density at radius 1 is 1.67 bits per heavy atom. The van der Waals surface area contributed by atoms with Gasteiger partial charge in [0.25, 0.3) is 0 Å². The number of hydrogen-bond donors (Lipinski definition) is 3. The molecule has 4 heteroatoms. The van der Waals surface area contributed by atoms with Crippen LogP contribution < -0.4 is 16.9 Å². The van der Waals surface area contributed by atoms with Crippen molar-refractivity contribution in [2.75, 3.05) is 0 Å². The van der Waals surface area contributed by atoms with Crippen LogP contribution in [0.2, 0.25) is 0 Å². The van der Waals surface area contributed by atoms with Crippen LogP contribution in [-0.4, -0.2) is 5.66 Å². The SMILES string of the molecule is CC1=C(N)C(C)(N)NO1. The van der Waals surface area contributed by atoms with E-state index in [0.717, 1.165) is 0 Å². The van der Waals surface area contributed by atoms with Gasteiger partial charge < -0.3 is 16.3 Å². The Balaban J connectivity index is 2.88. The van der Waals surface area contributed by atoms with Gasteiger partial charge in [-0.05, 0) is 13.8 Å². The van der Waals surface area contributed by atoms with Gasteiger partial charge in [0.2, 0.25) is 0 Å². The van der Waals surface area contributed by atoms with Crippen molar-refractivity contribution in [3.05, 3.63) is 11.5 Å². The van der Waals surface area contributed by atoms with Crippen molar-refractivity contribution >= 4 is 0 Å². The number of hydroxylamine groups is 1. The van der Waals surface area contributed by atoms with Crippen molar-refractivity contribution in [2.45, 2.75) is 19.5 Å². The zero-order valence-corrected chi connectivity index (χ0v) is 5.56. The predicted molar refractivity (Wildman–Crippen MR) is 33.7 cm³/mol. The first-order chi connectivity index (χ1) is 4.04. The highest BCUT2D eigenvalue weighted by Gasteiger charge is 2.30. The van der Waals surface area contributed by atoms with E-state index in [4.69, 9.17) is 16.3 Å². The zero-order chi connectivity index (χ0) is 7.07. The fourth-order valence-corrected chi connectivity index (χ4v) is 0.658. The molecule has 0 bridgehead atoms. The maximum Gasteiger partial charge on any atom is 0.143 e. The molecule has 0 amide bonds. The number of nitrogens with two attached hydrogens (primary N) is 2. The van der Waals surface area contributed by atoms with E-state index in [1.165, 1.54) is 0 Å². The summed E-state index contributed by atoms with van der Waals surface area (Å²) >= 11 is 0. The molecule has 0 aliphatic carbocycles. The van der Waals surface area contributed by atoms with Gasteiger partial charge >= 0.3 is 0 Å². The van der Waals surface area contributed by atoms with E-state index in [1.54, 1.807) is 13.8 Å². The molecule has 0 aromatic heterocycles. The largest absolute Gasteiger partial charge is 0.409 e. The summed E-state index contributed by atoms with van der Waals surface area (Å²) < 4.78 is 0. The van der Waals surface area contributed by atoms with Crippen LogP contribution in [0.1, 0.15) is 13.8 Å². The quantitative estimate of drug-likeness (QED) is 0.408. The molecule has 1 atom stereocenters. The summed E-state index contributed by atoms with van der Waals surface area (Å²) in [6, 6.07) is 0. The van der Waals surface area contributed by atoms with Crippen LogP contribution in [0.4, 0.5) is 0 Å². The second kappa shape index (κ2) is 1.62. The van der Waals surface area contributed by atoms with Crippen molar-refractivity contribution in [3.8, 4) is 0 Å². The summed E-state index contributed by atoms with van der Waals surface area (Å²) in [7, 11) is 0. The van der Waals surface area contributed by atoms with Crippen molar-refractivity contribution in [1.82, 2.24) is 5.48 Å². The summed E-state index contributed by atoms with van der Waals surface area (Å²) in [6.45, 7) is 3.51. The van der Waals surface area contributed by atoms with E-state index in [9.17, 15) is 0 Å². The molecule has 0 saturated carbocycles. The summed E-state index contributed by atoms with van der Waals surface area (Å²) in [5.41, 5.74) is 13.6. The molecule has 5 N–H and O–H groups in total. The summed E-state index contributed by atoms with van der Waals surface area (Å²) in [5.74, 6) is 0.653. The first-order valence-corrected chi connectivity index (χ1v) is 2.74. The Morgan fingerprint density at radius 2 is 2.22 bits per heavy atom. The Bertz CT molecular complexity index is 162. The highest BCUT2D eigenvalue weighted by molar-refractivity contribution is 5.18. The molecule has 1 rings (SSSR count). The lowest BCUT2D eigenvalue weighted by Gasteiger charge is -2.15. The first-order valence-electron chi connectivity index (χ1n) is 2.74. The molecule has 0 aromatic carbocycles. The average molecular weight is 129 g/mol. The van der Waals surface area contributed by atoms with Crippen LogP contribution >= 0.6 is 0 Å². The minimum absolute atomic E-state index is 0.558. The molecular formula is C5H11N3O. The molecule has 1 aliphatic heterocycles. The number of hydrogen-bond acceptors (Lipinski definition) is 4. The standard InChI is InChI=1S/C5H11N3O/c1-3-4(6)5(2,7)8-9-3/h8H,6-7H2,1-2H3. The maximum atomic E-state index is 5.59. The minimum Gasteiger partial charge on any atom is -0.409 e. The third-order valence-corrected chi connectivity index (χ3v) is 1.35. The second-order valence-electron chi connectivity index (χ2n) is 2.38.